The van der Waals surface area contributed by atoms with Gasteiger partial charge in [-0.3, -0.25) is 4.18 Å². The van der Waals surface area contributed by atoms with Crippen molar-refractivity contribution < 1.29 is 17.2 Å². The van der Waals surface area contributed by atoms with E-state index in [0.29, 0.717) is 10.9 Å². The molecule has 0 saturated heterocycles. The van der Waals surface area contributed by atoms with Gasteiger partial charge >= 0.3 is 0 Å². The first-order valence-electron chi connectivity index (χ1n) is 4.89. The van der Waals surface area contributed by atoms with Crippen LogP contribution in [0.5, 0.6) is 0 Å². The summed E-state index contributed by atoms with van der Waals surface area (Å²) in [7, 11) is -2.92. The van der Waals surface area contributed by atoms with Crippen molar-refractivity contribution in [1.82, 2.24) is 0 Å². The van der Waals surface area contributed by atoms with Crippen molar-refractivity contribution >= 4 is 21.3 Å². The van der Waals surface area contributed by atoms with Crippen LogP contribution >= 0.6 is 0 Å². The third-order valence-corrected chi connectivity index (χ3v) is 3.12. The molecular weight excluding hydrogens is 236 g/mol. The molecule has 0 N–H and O–H groups in total. The minimum atomic E-state index is -4.41. The molecule has 0 aliphatic rings. The van der Waals surface area contributed by atoms with Gasteiger partial charge in [-0.2, -0.15) is 0 Å². The van der Waals surface area contributed by atoms with Gasteiger partial charge in [0.05, 0.1) is 19.6 Å². The third-order valence-electron chi connectivity index (χ3n) is 1.61. The second-order valence-electron chi connectivity index (χ2n) is 3.33. The van der Waals surface area contributed by atoms with Crippen molar-refractivity contribution in [1.29, 1.82) is 0 Å². The Bertz CT molecular complexity index is 212. The lowest BCUT2D eigenvalue weighted by Gasteiger charge is -1.98. The monoisotopic (exact) mass is 258 g/mol. The second kappa shape index (κ2) is 10.7. The van der Waals surface area contributed by atoms with Crippen LogP contribution in [0.15, 0.2) is 0 Å². The maximum atomic E-state index is 9.22. The van der Waals surface area contributed by atoms with Gasteiger partial charge in [-0.25, -0.2) is 8.42 Å². The standard InChI is InChI=1S/C8H19S.CH4O4S/c1-4-5-6-7-8-9(2)3;1-5-6(2,3)4/h4-8H2,1-3H3;1H3,(H,2,3,4)/q+1;/p-1. The summed E-state index contributed by atoms with van der Waals surface area (Å²) in [5, 5.41) is 0. The summed E-state index contributed by atoms with van der Waals surface area (Å²) in [6.07, 6.45) is 10.3. The normalized spacial score (nSPS) is 11.1. The number of hydrogen-bond donors (Lipinski definition) is 0. The summed E-state index contributed by atoms with van der Waals surface area (Å²) < 4.78 is 31.0. The van der Waals surface area contributed by atoms with E-state index in [1.165, 1.54) is 31.4 Å². The average Bonchev–Trinajstić information content (AvgIpc) is 2.12. The van der Waals surface area contributed by atoms with Crippen molar-refractivity contribution in [2.24, 2.45) is 0 Å². The van der Waals surface area contributed by atoms with Crippen molar-refractivity contribution in [3.8, 4) is 0 Å². The van der Waals surface area contributed by atoms with Crippen LogP contribution in [0.4, 0.5) is 0 Å². The SMILES string of the molecule is CCCCCC[S+](C)C.COS(=O)(=O)[O-]. The zero-order valence-electron chi connectivity index (χ0n) is 9.99. The van der Waals surface area contributed by atoms with E-state index in [0.717, 1.165) is 7.11 Å². The molecule has 0 heterocycles. The highest BCUT2D eigenvalue weighted by atomic mass is 32.3. The van der Waals surface area contributed by atoms with Gasteiger partial charge < -0.3 is 4.55 Å². The van der Waals surface area contributed by atoms with Gasteiger partial charge in [0.2, 0.25) is 10.4 Å². The molecule has 0 unspecified atom stereocenters. The summed E-state index contributed by atoms with van der Waals surface area (Å²) in [6.45, 7) is 2.26. The molecule has 4 nitrogen and oxygen atoms in total. The molecule has 6 heteroatoms. The first-order chi connectivity index (χ1) is 6.83. The Morgan fingerprint density at radius 2 is 1.67 bits per heavy atom. The summed E-state index contributed by atoms with van der Waals surface area (Å²) in [4.78, 5) is 0. The van der Waals surface area contributed by atoms with E-state index in [1.807, 2.05) is 0 Å². The maximum Gasteiger partial charge on any atom is 0.217 e. The molecule has 0 aromatic heterocycles. The molecule has 15 heavy (non-hydrogen) atoms. The lowest BCUT2D eigenvalue weighted by atomic mass is 10.2. The topological polar surface area (TPSA) is 66.4 Å². The smallest absolute Gasteiger partial charge is 0.217 e. The Balaban J connectivity index is 0. The van der Waals surface area contributed by atoms with Gasteiger partial charge in [-0.05, 0) is 23.7 Å². The number of hydrogen-bond acceptors (Lipinski definition) is 4. The quantitative estimate of drug-likeness (QED) is 0.314. The first-order valence-corrected chi connectivity index (χ1v) is 8.43. The summed E-state index contributed by atoms with van der Waals surface area (Å²) in [5.74, 6) is 1.44. The molecule has 0 bridgehead atoms. The van der Waals surface area contributed by atoms with E-state index < -0.39 is 10.4 Å². The fourth-order valence-corrected chi connectivity index (χ4v) is 1.60. The van der Waals surface area contributed by atoms with Crippen LogP contribution < -0.4 is 0 Å². The van der Waals surface area contributed by atoms with E-state index in [-0.39, 0.29) is 0 Å². The molecule has 0 rings (SSSR count). The highest BCUT2D eigenvalue weighted by Gasteiger charge is 1.99. The predicted octanol–water partition coefficient (Wildman–Crippen LogP) is 1.54. The molecular formula is C9H22O4S2. The minimum absolute atomic E-state index is 0.681. The maximum absolute atomic E-state index is 9.22. The summed E-state index contributed by atoms with van der Waals surface area (Å²) in [6, 6.07) is 0. The Morgan fingerprint density at radius 3 is 1.93 bits per heavy atom. The molecule has 0 spiro atoms. The van der Waals surface area contributed by atoms with E-state index in [2.05, 4.69) is 23.6 Å². The second-order valence-corrected chi connectivity index (χ2v) is 6.85. The van der Waals surface area contributed by atoms with E-state index in [9.17, 15) is 13.0 Å². The minimum Gasteiger partial charge on any atom is -0.726 e. The molecule has 0 atom stereocenters. The number of unbranched alkanes of at least 4 members (excludes halogenated alkanes) is 3. The van der Waals surface area contributed by atoms with Crippen LogP contribution in [-0.2, 0) is 25.5 Å². The highest BCUT2D eigenvalue weighted by molar-refractivity contribution is 7.95. The van der Waals surface area contributed by atoms with Gasteiger partial charge in [0.15, 0.2) is 0 Å². The predicted molar refractivity (Wildman–Crippen MR) is 64.9 cm³/mol. The largest absolute Gasteiger partial charge is 0.726 e. The highest BCUT2D eigenvalue weighted by Crippen LogP contribution is 2.00. The molecule has 0 aromatic carbocycles. The Kier molecular flexibility index (Phi) is 12.6. The van der Waals surface area contributed by atoms with Gasteiger partial charge in [-0.15, -0.1) is 0 Å². The van der Waals surface area contributed by atoms with E-state index >= 15 is 0 Å². The zero-order valence-corrected chi connectivity index (χ0v) is 11.6. The van der Waals surface area contributed by atoms with Gasteiger partial charge in [0.25, 0.3) is 0 Å². The van der Waals surface area contributed by atoms with Gasteiger partial charge in [0, 0.05) is 0 Å². The number of rotatable bonds is 6. The van der Waals surface area contributed by atoms with Crippen LogP contribution in [0.25, 0.3) is 0 Å². The fourth-order valence-electron chi connectivity index (χ4n) is 0.818. The zero-order chi connectivity index (χ0) is 12.3. The summed E-state index contributed by atoms with van der Waals surface area (Å²) in [5.41, 5.74) is 0. The Labute approximate surface area is 96.7 Å². The molecule has 0 aliphatic heterocycles. The average molecular weight is 258 g/mol. The van der Waals surface area contributed by atoms with Crippen LogP contribution in [0.2, 0.25) is 0 Å². The van der Waals surface area contributed by atoms with Crippen LogP contribution in [0, 0.1) is 0 Å². The molecule has 0 amide bonds. The Morgan fingerprint density at radius 1 is 1.20 bits per heavy atom. The van der Waals surface area contributed by atoms with Crippen LogP contribution in [-0.4, -0.2) is 38.3 Å². The molecule has 0 aromatic rings. The molecule has 0 radical (unpaired) electrons. The van der Waals surface area contributed by atoms with E-state index in [4.69, 9.17) is 0 Å². The molecule has 0 saturated carbocycles. The van der Waals surface area contributed by atoms with Crippen LogP contribution in [0.1, 0.15) is 32.6 Å². The summed E-state index contributed by atoms with van der Waals surface area (Å²) >= 11 is 0. The molecule has 0 fully saturated rings. The van der Waals surface area contributed by atoms with Crippen molar-refractivity contribution in [3.63, 3.8) is 0 Å². The van der Waals surface area contributed by atoms with Gasteiger partial charge in [-0.1, -0.05) is 19.8 Å². The lowest BCUT2D eigenvalue weighted by molar-refractivity contribution is 0.314. The molecule has 94 valence electrons. The first kappa shape index (κ1) is 17.6. The van der Waals surface area contributed by atoms with E-state index in [1.54, 1.807) is 0 Å². The Hall–Kier alpha value is 0.220. The fraction of sp³-hybridized carbons (Fsp3) is 1.00. The van der Waals surface area contributed by atoms with Crippen molar-refractivity contribution in [2.75, 3.05) is 25.4 Å². The third kappa shape index (κ3) is 25.0. The lowest BCUT2D eigenvalue weighted by Crippen LogP contribution is -2.00. The van der Waals surface area contributed by atoms with Crippen LogP contribution in [0.3, 0.4) is 0 Å². The van der Waals surface area contributed by atoms with Gasteiger partial charge in [0.1, 0.15) is 5.75 Å². The van der Waals surface area contributed by atoms with Crippen molar-refractivity contribution in [3.05, 3.63) is 0 Å². The molecule has 0 aliphatic carbocycles. The van der Waals surface area contributed by atoms with Crippen molar-refractivity contribution in [2.45, 2.75) is 32.6 Å².